The van der Waals surface area contributed by atoms with E-state index in [4.69, 9.17) is 5.73 Å². The number of carbonyl (C=O) groups is 1. The highest BCUT2D eigenvalue weighted by Gasteiger charge is 2.14. The summed E-state index contributed by atoms with van der Waals surface area (Å²) in [6.07, 6.45) is 2.89. The first-order chi connectivity index (χ1) is 11.6. The minimum Gasteiger partial charge on any atom is -0.347 e. The zero-order valence-corrected chi connectivity index (χ0v) is 15.2. The number of aromatic nitrogens is 2. The third kappa shape index (κ3) is 6.32. The van der Waals surface area contributed by atoms with Crippen LogP contribution in [0.25, 0.3) is 0 Å². The Morgan fingerprint density at radius 2 is 1.96 bits per heavy atom. The van der Waals surface area contributed by atoms with Crippen molar-refractivity contribution in [1.29, 1.82) is 0 Å². The molecule has 0 saturated carbocycles. The minimum atomic E-state index is -0.302. The predicted octanol–water partition coefficient (Wildman–Crippen LogP) is 1.96. The third-order valence-electron chi connectivity index (χ3n) is 3.80. The van der Waals surface area contributed by atoms with Crippen molar-refractivity contribution in [1.82, 2.24) is 15.1 Å². The highest BCUT2D eigenvalue weighted by molar-refractivity contribution is 5.92. The Kier molecular flexibility index (Phi) is 8.88. The van der Waals surface area contributed by atoms with E-state index in [1.54, 1.807) is 0 Å². The molecule has 0 fully saturated rings. The molecule has 7 heteroatoms. The van der Waals surface area contributed by atoms with Crippen molar-refractivity contribution in [2.24, 2.45) is 5.73 Å². The number of nitrogens with one attached hydrogen (secondary N) is 1. The standard InChI is InChI=1S/C18H24N4O2.ClH/c1-2-3-9-15(12-19)20-18(24)16-10-11-17(23)22(21-16)13-14-7-5-4-6-8-14;/h4-8,10-11,15H,2-3,9,12-13,19H2,1H3,(H,20,24);1H. The van der Waals surface area contributed by atoms with Crippen molar-refractivity contribution in [3.05, 3.63) is 64.1 Å². The molecule has 0 saturated heterocycles. The van der Waals surface area contributed by atoms with Crippen LogP contribution < -0.4 is 16.6 Å². The van der Waals surface area contributed by atoms with Gasteiger partial charge in [0.25, 0.3) is 11.5 Å². The van der Waals surface area contributed by atoms with Crippen LogP contribution in [0.5, 0.6) is 0 Å². The molecule has 2 rings (SSSR count). The van der Waals surface area contributed by atoms with Crippen LogP contribution in [0, 0.1) is 0 Å². The molecule has 0 aliphatic rings. The summed E-state index contributed by atoms with van der Waals surface area (Å²) in [6.45, 7) is 2.81. The molecule has 0 spiro atoms. The average Bonchev–Trinajstić information content (AvgIpc) is 2.61. The van der Waals surface area contributed by atoms with Crippen molar-refractivity contribution >= 4 is 18.3 Å². The van der Waals surface area contributed by atoms with Crippen LogP contribution in [0.4, 0.5) is 0 Å². The lowest BCUT2D eigenvalue weighted by Crippen LogP contribution is -2.41. The molecule has 1 atom stereocenters. The van der Waals surface area contributed by atoms with Gasteiger partial charge in [-0.15, -0.1) is 12.4 Å². The summed E-state index contributed by atoms with van der Waals surface area (Å²) in [5.74, 6) is -0.302. The Bertz CT molecular complexity index is 719. The largest absolute Gasteiger partial charge is 0.347 e. The number of nitrogens with two attached hydrogens (primary N) is 1. The molecule has 1 heterocycles. The maximum Gasteiger partial charge on any atom is 0.271 e. The highest BCUT2D eigenvalue weighted by Crippen LogP contribution is 2.02. The van der Waals surface area contributed by atoms with Gasteiger partial charge in [-0.05, 0) is 18.1 Å². The van der Waals surface area contributed by atoms with E-state index in [2.05, 4.69) is 17.3 Å². The monoisotopic (exact) mass is 364 g/mol. The second-order valence-corrected chi connectivity index (χ2v) is 5.75. The topological polar surface area (TPSA) is 90.0 Å². The fourth-order valence-corrected chi connectivity index (χ4v) is 2.40. The number of benzene rings is 1. The van der Waals surface area contributed by atoms with Gasteiger partial charge in [-0.1, -0.05) is 50.1 Å². The molecule has 1 amide bonds. The van der Waals surface area contributed by atoms with Crippen LogP contribution >= 0.6 is 12.4 Å². The van der Waals surface area contributed by atoms with Crippen LogP contribution in [0.1, 0.15) is 42.2 Å². The Labute approximate surface area is 153 Å². The number of nitrogens with zero attached hydrogens (tertiary/aromatic N) is 2. The number of halogens is 1. The van der Waals surface area contributed by atoms with Crippen molar-refractivity contribution in [3.8, 4) is 0 Å². The zero-order valence-electron chi connectivity index (χ0n) is 14.4. The Hall–Kier alpha value is -2.18. The Morgan fingerprint density at radius 1 is 1.24 bits per heavy atom. The SMILES string of the molecule is CCCCC(CN)NC(=O)c1ccc(=O)n(Cc2ccccc2)n1.Cl. The van der Waals surface area contributed by atoms with Gasteiger partial charge in [0.2, 0.25) is 0 Å². The molecule has 0 aliphatic carbocycles. The number of carbonyl (C=O) groups excluding carboxylic acids is 1. The van der Waals surface area contributed by atoms with Crippen LogP contribution in [-0.2, 0) is 6.54 Å². The maximum absolute atomic E-state index is 12.3. The Balaban J connectivity index is 0.00000312. The summed E-state index contributed by atoms with van der Waals surface area (Å²) in [5, 5.41) is 7.07. The molecule has 0 bridgehead atoms. The maximum atomic E-state index is 12.3. The second kappa shape index (κ2) is 10.6. The van der Waals surface area contributed by atoms with Crippen LogP contribution in [0.3, 0.4) is 0 Å². The number of amides is 1. The van der Waals surface area contributed by atoms with Crippen molar-refractivity contribution < 1.29 is 4.79 Å². The van der Waals surface area contributed by atoms with Gasteiger partial charge in [0.05, 0.1) is 6.54 Å². The normalized spacial score (nSPS) is 11.4. The van der Waals surface area contributed by atoms with Gasteiger partial charge in [0.1, 0.15) is 5.69 Å². The zero-order chi connectivity index (χ0) is 17.4. The molecule has 6 nitrogen and oxygen atoms in total. The molecule has 3 N–H and O–H groups in total. The molecule has 1 aromatic carbocycles. The van der Waals surface area contributed by atoms with E-state index in [9.17, 15) is 9.59 Å². The molecular formula is C18H25ClN4O2. The predicted molar refractivity (Wildman–Crippen MR) is 101 cm³/mol. The average molecular weight is 365 g/mol. The van der Waals surface area contributed by atoms with E-state index >= 15 is 0 Å². The summed E-state index contributed by atoms with van der Waals surface area (Å²) in [7, 11) is 0. The number of hydrogen-bond donors (Lipinski definition) is 2. The van der Waals surface area contributed by atoms with E-state index in [-0.39, 0.29) is 35.6 Å². The fraction of sp³-hybridized carbons (Fsp3) is 0.389. The van der Waals surface area contributed by atoms with Gasteiger partial charge in [-0.2, -0.15) is 5.10 Å². The molecule has 2 aromatic rings. The summed E-state index contributed by atoms with van der Waals surface area (Å²) >= 11 is 0. The van der Waals surface area contributed by atoms with Crippen molar-refractivity contribution in [2.45, 2.75) is 38.8 Å². The summed E-state index contributed by atoms with van der Waals surface area (Å²) in [5.41, 5.74) is 6.64. The number of unbranched alkanes of at least 4 members (excludes halogenated alkanes) is 1. The van der Waals surface area contributed by atoms with Crippen LogP contribution in [0.15, 0.2) is 47.3 Å². The third-order valence-corrected chi connectivity index (χ3v) is 3.80. The van der Waals surface area contributed by atoms with Gasteiger partial charge in [-0.25, -0.2) is 4.68 Å². The molecular weight excluding hydrogens is 340 g/mol. The van der Waals surface area contributed by atoms with E-state index in [1.165, 1.54) is 16.8 Å². The van der Waals surface area contributed by atoms with Gasteiger partial charge in [0.15, 0.2) is 0 Å². The van der Waals surface area contributed by atoms with Crippen LogP contribution in [-0.4, -0.2) is 28.3 Å². The lowest BCUT2D eigenvalue weighted by atomic mass is 10.1. The van der Waals surface area contributed by atoms with Gasteiger partial charge in [-0.3, -0.25) is 9.59 Å². The van der Waals surface area contributed by atoms with Crippen molar-refractivity contribution in [3.63, 3.8) is 0 Å². The quantitative estimate of drug-likeness (QED) is 0.749. The van der Waals surface area contributed by atoms with Gasteiger partial charge >= 0.3 is 0 Å². The molecule has 25 heavy (non-hydrogen) atoms. The van der Waals surface area contributed by atoms with Gasteiger partial charge in [0, 0.05) is 18.7 Å². The molecule has 0 aliphatic heterocycles. The molecule has 1 unspecified atom stereocenters. The molecule has 1 aromatic heterocycles. The van der Waals surface area contributed by atoms with E-state index in [0.717, 1.165) is 24.8 Å². The fourth-order valence-electron chi connectivity index (χ4n) is 2.40. The number of hydrogen-bond acceptors (Lipinski definition) is 4. The first-order valence-corrected chi connectivity index (χ1v) is 8.27. The smallest absolute Gasteiger partial charge is 0.271 e. The van der Waals surface area contributed by atoms with Gasteiger partial charge < -0.3 is 11.1 Å². The second-order valence-electron chi connectivity index (χ2n) is 5.75. The number of rotatable bonds is 8. The highest BCUT2D eigenvalue weighted by atomic mass is 35.5. The first kappa shape index (κ1) is 20.9. The van der Waals surface area contributed by atoms with E-state index in [1.807, 2.05) is 30.3 Å². The summed E-state index contributed by atoms with van der Waals surface area (Å²) < 4.78 is 1.30. The van der Waals surface area contributed by atoms with Crippen LogP contribution in [0.2, 0.25) is 0 Å². The molecule has 136 valence electrons. The van der Waals surface area contributed by atoms with E-state index < -0.39 is 0 Å². The lowest BCUT2D eigenvalue weighted by molar-refractivity contribution is 0.0928. The molecule has 0 radical (unpaired) electrons. The first-order valence-electron chi connectivity index (χ1n) is 8.27. The van der Waals surface area contributed by atoms with Crippen molar-refractivity contribution in [2.75, 3.05) is 6.54 Å². The Morgan fingerprint density at radius 3 is 2.60 bits per heavy atom. The lowest BCUT2D eigenvalue weighted by Gasteiger charge is -2.16. The minimum absolute atomic E-state index is 0. The summed E-state index contributed by atoms with van der Waals surface area (Å²) in [6, 6.07) is 12.3. The van der Waals surface area contributed by atoms with E-state index in [0.29, 0.717) is 13.1 Å². The summed E-state index contributed by atoms with van der Waals surface area (Å²) in [4.78, 5) is 24.3.